The summed E-state index contributed by atoms with van der Waals surface area (Å²) in [5, 5.41) is 0. The average Bonchev–Trinajstić information content (AvgIpc) is 2.71. The van der Waals surface area contributed by atoms with Crippen molar-refractivity contribution in [3.05, 3.63) is 40.3 Å². The van der Waals surface area contributed by atoms with Crippen LogP contribution in [-0.2, 0) is 14.9 Å². The molecule has 124 valence electrons. The maximum absolute atomic E-state index is 12.3. The Morgan fingerprint density at radius 3 is 2.43 bits per heavy atom. The van der Waals surface area contributed by atoms with Crippen molar-refractivity contribution < 1.29 is 17.8 Å². The lowest BCUT2D eigenvalue weighted by Gasteiger charge is -2.12. The van der Waals surface area contributed by atoms with E-state index in [9.17, 15) is 13.2 Å². The first kappa shape index (κ1) is 18.1. The molecule has 0 saturated carbocycles. The van der Waals surface area contributed by atoms with E-state index in [0.29, 0.717) is 15.1 Å². The molecule has 23 heavy (non-hydrogen) atoms. The van der Waals surface area contributed by atoms with Gasteiger partial charge >= 0.3 is 0 Å². The number of carbonyl (C=O) groups excluding carboxylic acids is 1. The Balaban J connectivity index is 2.14. The minimum atomic E-state index is -4.13. The van der Waals surface area contributed by atoms with E-state index in [4.69, 9.17) is 16.8 Å². The molecular weight excluding hydrogens is 354 g/mol. The Hall–Kier alpha value is -1.22. The van der Waals surface area contributed by atoms with Crippen LogP contribution in [-0.4, -0.2) is 40.4 Å². The molecule has 5 nitrogen and oxygen atoms in total. The van der Waals surface area contributed by atoms with Crippen LogP contribution in [0.5, 0.6) is 0 Å². The first-order valence-electron chi connectivity index (χ1n) is 6.98. The number of hydrogen-bond acceptors (Lipinski definition) is 5. The molecular formula is C15H17NO4S3. The van der Waals surface area contributed by atoms with Crippen LogP contribution in [0.25, 0.3) is 6.08 Å². The van der Waals surface area contributed by atoms with Crippen molar-refractivity contribution in [2.45, 2.75) is 19.8 Å². The number of nitrogens with zero attached hydrogens (tertiary/aromatic N) is 1. The molecule has 0 spiro atoms. The van der Waals surface area contributed by atoms with Gasteiger partial charge in [0, 0.05) is 6.54 Å². The highest BCUT2D eigenvalue weighted by Gasteiger charge is 2.32. The molecule has 1 saturated heterocycles. The smallest absolute Gasteiger partial charge is 0.266 e. The van der Waals surface area contributed by atoms with Gasteiger partial charge in [0.2, 0.25) is 0 Å². The van der Waals surface area contributed by atoms with E-state index in [-0.39, 0.29) is 12.5 Å². The number of benzene rings is 1. The van der Waals surface area contributed by atoms with Crippen LogP contribution < -0.4 is 0 Å². The molecule has 2 rings (SSSR count). The SMILES string of the molecule is CC(C)c1ccc(/C=C2\SC(=S)N(CCS(=O)(=O)O)C2=O)cc1. The average molecular weight is 372 g/mol. The Bertz CT molecular complexity index is 751. The van der Waals surface area contributed by atoms with Crippen LogP contribution in [0, 0.1) is 0 Å². The molecule has 0 aliphatic carbocycles. The van der Waals surface area contributed by atoms with E-state index in [1.807, 2.05) is 24.3 Å². The lowest BCUT2D eigenvalue weighted by atomic mass is 10.0. The van der Waals surface area contributed by atoms with Gasteiger partial charge in [-0.1, -0.05) is 62.1 Å². The van der Waals surface area contributed by atoms with Crippen molar-refractivity contribution in [2.24, 2.45) is 0 Å². The standard InChI is InChI=1S/C15H17NO4S3/c1-10(2)12-5-3-11(4-6-12)9-13-14(17)16(15(21)22-13)7-8-23(18,19)20/h3-6,9-10H,7-8H2,1-2H3,(H,18,19,20)/b13-9-. The summed E-state index contributed by atoms with van der Waals surface area (Å²) in [4.78, 5) is 13.9. The number of thioether (sulfide) groups is 1. The van der Waals surface area contributed by atoms with Gasteiger partial charge in [0.1, 0.15) is 4.32 Å². The largest absolute Gasteiger partial charge is 0.292 e. The van der Waals surface area contributed by atoms with Gasteiger partial charge in [-0.3, -0.25) is 14.2 Å². The Kier molecular flexibility index (Phi) is 5.61. The van der Waals surface area contributed by atoms with Gasteiger partial charge in [0.15, 0.2) is 0 Å². The van der Waals surface area contributed by atoms with Crippen molar-refractivity contribution in [3.63, 3.8) is 0 Å². The Labute approximate surface area is 145 Å². The highest BCUT2D eigenvalue weighted by molar-refractivity contribution is 8.26. The van der Waals surface area contributed by atoms with Crippen LogP contribution in [0.1, 0.15) is 30.9 Å². The van der Waals surface area contributed by atoms with Crippen LogP contribution in [0.3, 0.4) is 0 Å². The molecule has 1 aromatic carbocycles. The van der Waals surface area contributed by atoms with Gasteiger partial charge in [0.05, 0.1) is 10.7 Å². The number of amides is 1. The molecule has 0 radical (unpaired) electrons. The summed E-state index contributed by atoms with van der Waals surface area (Å²) >= 11 is 6.24. The number of hydrogen-bond donors (Lipinski definition) is 1. The maximum Gasteiger partial charge on any atom is 0.266 e. The molecule has 1 aliphatic rings. The number of thiocarbonyl (C=S) groups is 1. The fourth-order valence-electron chi connectivity index (χ4n) is 2.03. The monoisotopic (exact) mass is 371 g/mol. The molecule has 0 aromatic heterocycles. The second-order valence-corrected chi connectivity index (χ2v) is 8.69. The highest BCUT2D eigenvalue weighted by atomic mass is 32.2. The topological polar surface area (TPSA) is 74.7 Å². The lowest BCUT2D eigenvalue weighted by Crippen LogP contribution is -2.32. The van der Waals surface area contributed by atoms with Gasteiger partial charge in [-0.25, -0.2) is 0 Å². The van der Waals surface area contributed by atoms with E-state index in [1.54, 1.807) is 6.08 Å². The Morgan fingerprint density at radius 1 is 1.30 bits per heavy atom. The van der Waals surface area contributed by atoms with Crippen molar-refractivity contribution in [1.29, 1.82) is 0 Å². The predicted molar refractivity (Wildman–Crippen MR) is 96.8 cm³/mol. The van der Waals surface area contributed by atoms with Crippen LogP contribution in [0.2, 0.25) is 0 Å². The van der Waals surface area contributed by atoms with Gasteiger partial charge < -0.3 is 0 Å². The molecule has 1 amide bonds. The zero-order chi connectivity index (χ0) is 17.2. The van der Waals surface area contributed by atoms with E-state index in [0.717, 1.165) is 17.3 Å². The molecule has 1 N–H and O–H groups in total. The second kappa shape index (κ2) is 7.12. The minimum absolute atomic E-state index is 0.146. The van der Waals surface area contributed by atoms with Gasteiger partial charge in [-0.15, -0.1) is 0 Å². The molecule has 1 aromatic rings. The number of carbonyl (C=O) groups is 1. The van der Waals surface area contributed by atoms with E-state index >= 15 is 0 Å². The zero-order valence-electron chi connectivity index (χ0n) is 12.7. The predicted octanol–water partition coefficient (Wildman–Crippen LogP) is 2.90. The van der Waals surface area contributed by atoms with Crippen molar-refractivity contribution in [1.82, 2.24) is 4.90 Å². The quantitative estimate of drug-likeness (QED) is 0.487. The van der Waals surface area contributed by atoms with Crippen LogP contribution in [0.15, 0.2) is 29.2 Å². The maximum atomic E-state index is 12.3. The fourth-order valence-corrected chi connectivity index (χ4v) is 3.75. The van der Waals surface area contributed by atoms with Gasteiger partial charge in [0.25, 0.3) is 16.0 Å². The molecule has 0 atom stereocenters. The lowest BCUT2D eigenvalue weighted by molar-refractivity contribution is -0.121. The molecule has 0 bridgehead atoms. The second-order valence-electron chi connectivity index (χ2n) is 5.44. The van der Waals surface area contributed by atoms with Crippen molar-refractivity contribution >= 4 is 50.4 Å². The summed E-state index contributed by atoms with van der Waals surface area (Å²) in [6, 6.07) is 7.88. The summed E-state index contributed by atoms with van der Waals surface area (Å²) in [6.45, 7) is 4.07. The van der Waals surface area contributed by atoms with Crippen molar-refractivity contribution in [3.8, 4) is 0 Å². The molecule has 1 aliphatic heterocycles. The first-order valence-corrected chi connectivity index (χ1v) is 9.81. The summed E-state index contributed by atoms with van der Waals surface area (Å²) < 4.78 is 30.7. The molecule has 0 unspecified atom stereocenters. The normalized spacial score (nSPS) is 17.6. The summed E-state index contributed by atoms with van der Waals surface area (Å²) in [5.41, 5.74) is 2.09. The summed E-state index contributed by atoms with van der Waals surface area (Å²) in [7, 11) is -4.13. The van der Waals surface area contributed by atoms with Crippen LogP contribution >= 0.6 is 24.0 Å². The zero-order valence-corrected chi connectivity index (χ0v) is 15.2. The molecule has 8 heteroatoms. The first-order chi connectivity index (χ1) is 10.7. The molecule has 1 fully saturated rings. The summed E-state index contributed by atoms with van der Waals surface area (Å²) in [6.07, 6.45) is 1.73. The minimum Gasteiger partial charge on any atom is -0.292 e. The fraction of sp³-hybridized carbons (Fsp3) is 0.333. The molecule has 1 heterocycles. The third-order valence-electron chi connectivity index (χ3n) is 3.35. The third-order valence-corrected chi connectivity index (χ3v) is 5.42. The van der Waals surface area contributed by atoms with Gasteiger partial charge in [-0.05, 0) is 23.1 Å². The van der Waals surface area contributed by atoms with E-state index in [1.165, 1.54) is 10.5 Å². The van der Waals surface area contributed by atoms with Crippen molar-refractivity contribution in [2.75, 3.05) is 12.3 Å². The van der Waals surface area contributed by atoms with E-state index in [2.05, 4.69) is 13.8 Å². The Morgan fingerprint density at radius 2 is 1.91 bits per heavy atom. The highest BCUT2D eigenvalue weighted by Crippen LogP contribution is 2.32. The van der Waals surface area contributed by atoms with E-state index < -0.39 is 15.9 Å². The van der Waals surface area contributed by atoms with Crippen LogP contribution in [0.4, 0.5) is 0 Å². The summed E-state index contributed by atoms with van der Waals surface area (Å²) in [5.74, 6) is -0.435. The third kappa shape index (κ3) is 4.87. The number of rotatable bonds is 5. The van der Waals surface area contributed by atoms with Gasteiger partial charge in [-0.2, -0.15) is 8.42 Å².